The van der Waals surface area contributed by atoms with E-state index in [-0.39, 0.29) is 5.41 Å². The molecular formula is C17H28N4OS. The number of hydrogen-bond acceptors (Lipinski definition) is 4. The third-order valence-electron chi connectivity index (χ3n) is 5.04. The second-order valence-electron chi connectivity index (χ2n) is 7.06. The number of nitrogens with zero attached hydrogens (tertiary/aromatic N) is 2. The van der Waals surface area contributed by atoms with E-state index in [0.29, 0.717) is 18.1 Å². The van der Waals surface area contributed by atoms with Gasteiger partial charge in [0.25, 0.3) is 0 Å². The van der Waals surface area contributed by atoms with Crippen molar-refractivity contribution in [2.75, 3.05) is 19.7 Å². The van der Waals surface area contributed by atoms with Crippen LogP contribution >= 0.6 is 11.3 Å². The maximum atomic E-state index is 5.87. The third-order valence-corrected chi connectivity index (χ3v) is 5.86. The summed E-state index contributed by atoms with van der Waals surface area (Å²) in [5.74, 6) is 1.54. The molecule has 1 aliphatic heterocycles. The first-order valence-electron chi connectivity index (χ1n) is 8.60. The zero-order valence-electron chi connectivity index (χ0n) is 14.6. The molecule has 1 aromatic heterocycles. The molecule has 3 atom stereocenters. The Morgan fingerprint density at radius 1 is 1.52 bits per heavy atom. The normalized spacial score (nSPS) is 29.0. The summed E-state index contributed by atoms with van der Waals surface area (Å²) >= 11 is 1.70. The highest BCUT2D eigenvalue weighted by Crippen LogP contribution is 2.52. The van der Waals surface area contributed by atoms with E-state index in [4.69, 9.17) is 9.73 Å². The second kappa shape index (κ2) is 6.77. The lowest BCUT2D eigenvalue weighted by Gasteiger charge is -2.54. The summed E-state index contributed by atoms with van der Waals surface area (Å²) in [5.41, 5.74) is 1.31. The van der Waals surface area contributed by atoms with Crippen molar-refractivity contribution in [2.24, 2.45) is 16.3 Å². The van der Waals surface area contributed by atoms with Crippen LogP contribution in [0, 0.1) is 18.3 Å². The van der Waals surface area contributed by atoms with E-state index in [1.807, 2.05) is 6.92 Å². The van der Waals surface area contributed by atoms with Crippen LogP contribution in [0.2, 0.25) is 0 Å². The molecule has 3 unspecified atom stereocenters. The first-order chi connectivity index (χ1) is 11.0. The first-order valence-corrected chi connectivity index (χ1v) is 9.47. The van der Waals surface area contributed by atoms with Crippen LogP contribution in [-0.4, -0.2) is 42.8 Å². The SMILES string of the molecule is CCNC(=NCCc1csc(C)n1)NC1C2CCOC2C1(C)C. The summed E-state index contributed by atoms with van der Waals surface area (Å²) in [6.45, 7) is 11.3. The highest BCUT2D eigenvalue weighted by molar-refractivity contribution is 7.09. The summed E-state index contributed by atoms with van der Waals surface area (Å²) in [6, 6.07) is 0.439. The minimum Gasteiger partial charge on any atom is -0.377 e. The largest absolute Gasteiger partial charge is 0.377 e. The van der Waals surface area contributed by atoms with Crippen molar-refractivity contribution in [1.82, 2.24) is 15.6 Å². The number of thiazole rings is 1. The van der Waals surface area contributed by atoms with Gasteiger partial charge in [-0.1, -0.05) is 13.8 Å². The van der Waals surface area contributed by atoms with Gasteiger partial charge in [-0.05, 0) is 20.3 Å². The third kappa shape index (κ3) is 3.38. The molecule has 6 heteroatoms. The number of hydrogen-bond donors (Lipinski definition) is 2. The van der Waals surface area contributed by atoms with Crippen molar-refractivity contribution in [2.45, 2.75) is 52.7 Å². The summed E-state index contributed by atoms with van der Waals surface area (Å²) in [6.07, 6.45) is 2.45. The molecule has 0 amide bonds. The lowest BCUT2D eigenvalue weighted by molar-refractivity contribution is -0.106. The van der Waals surface area contributed by atoms with E-state index < -0.39 is 0 Å². The average molecular weight is 337 g/mol. The summed E-state index contributed by atoms with van der Waals surface area (Å²) in [4.78, 5) is 9.24. The first kappa shape index (κ1) is 16.7. The lowest BCUT2D eigenvalue weighted by Crippen LogP contribution is -2.68. The second-order valence-corrected chi connectivity index (χ2v) is 8.12. The van der Waals surface area contributed by atoms with Gasteiger partial charge < -0.3 is 15.4 Å². The van der Waals surface area contributed by atoms with Gasteiger partial charge >= 0.3 is 0 Å². The number of rotatable bonds is 5. The maximum Gasteiger partial charge on any atom is 0.191 e. The fourth-order valence-electron chi connectivity index (χ4n) is 3.89. The molecule has 23 heavy (non-hydrogen) atoms. The van der Waals surface area contributed by atoms with Gasteiger partial charge in [0.05, 0.1) is 16.8 Å². The Balaban J connectivity index is 1.59. The Bertz CT molecular complexity index is 569. The maximum absolute atomic E-state index is 5.87. The molecule has 0 bridgehead atoms. The van der Waals surface area contributed by atoms with Crippen LogP contribution in [-0.2, 0) is 11.2 Å². The van der Waals surface area contributed by atoms with Gasteiger partial charge in [0.2, 0.25) is 0 Å². The van der Waals surface area contributed by atoms with Crippen molar-refractivity contribution in [1.29, 1.82) is 0 Å². The predicted octanol–water partition coefficient (Wildman–Crippen LogP) is 2.36. The van der Waals surface area contributed by atoms with Gasteiger partial charge in [-0.25, -0.2) is 4.98 Å². The number of aromatic nitrogens is 1. The fourth-order valence-corrected chi connectivity index (χ4v) is 4.54. The van der Waals surface area contributed by atoms with Gasteiger partial charge in [0, 0.05) is 48.9 Å². The molecule has 3 rings (SSSR count). The molecule has 128 valence electrons. The molecule has 1 saturated heterocycles. The zero-order chi connectivity index (χ0) is 16.4. The molecule has 1 saturated carbocycles. The topological polar surface area (TPSA) is 58.5 Å². The summed E-state index contributed by atoms with van der Waals surface area (Å²) in [5, 5.41) is 10.3. The van der Waals surface area contributed by atoms with Gasteiger partial charge in [-0.3, -0.25) is 4.99 Å². The van der Waals surface area contributed by atoms with Gasteiger partial charge in [-0.15, -0.1) is 11.3 Å². The van der Waals surface area contributed by atoms with E-state index in [9.17, 15) is 0 Å². The van der Waals surface area contributed by atoms with Gasteiger partial charge in [-0.2, -0.15) is 0 Å². The molecular weight excluding hydrogens is 308 g/mol. The van der Waals surface area contributed by atoms with E-state index in [1.54, 1.807) is 11.3 Å². The van der Waals surface area contributed by atoms with Crippen LogP contribution in [0.1, 0.15) is 37.9 Å². The molecule has 0 aromatic carbocycles. The fraction of sp³-hybridized carbons (Fsp3) is 0.765. The number of fused-ring (bicyclic) bond motifs is 1. The Morgan fingerprint density at radius 2 is 2.35 bits per heavy atom. The minimum absolute atomic E-state index is 0.170. The average Bonchev–Trinajstić information content (AvgIpc) is 3.12. The van der Waals surface area contributed by atoms with Crippen LogP contribution < -0.4 is 10.6 Å². The molecule has 2 N–H and O–H groups in total. The predicted molar refractivity (Wildman–Crippen MR) is 95.1 cm³/mol. The molecule has 5 nitrogen and oxygen atoms in total. The molecule has 2 fully saturated rings. The highest BCUT2D eigenvalue weighted by atomic mass is 32.1. The number of nitrogens with one attached hydrogen (secondary N) is 2. The van der Waals surface area contributed by atoms with Crippen LogP contribution in [0.15, 0.2) is 10.4 Å². The van der Waals surface area contributed by atoms with Crippen molar-refractivity contribution < 1.29 is 4.74 Å². The standard InChI is InChI=1S/C17H28N4OS/c1-5-18-16(19-8-6-12-10-23-11(2)20-12)21-14-13-7-9-22-15(13)17(14,3)4/h10,13-15H,5-9H2,1-4H3,(H2,18,19,21). The number of guanidine groups is 1. The molecule has 0 radical (unpaired) electrons. The van der Waals surface area contributed by atoms with Crippen molar-refractivity contribution in [3.8, 4) is 0 Å². The number of aryl methyl sites for hydroxylation is 1. The lowest BCUT2D eigenvalue weighted by atomic mass is 9.57. The van der Waals surface area contributed by atoms with E-state index in [2.05, 4.69) is 41.8 Å². The van der Waals surface area contributed by atoms with Crippen molar-refractivity contribution >= 4 is 17.3 Å². The Kier molecular flexibility index (Phi) is 4.92. The smallest absolute Gasteiger partial charge is 0.191 e. The van der Waals surface area contributed by atoms with E-state index in [1.165, 1.54) is 0 Å². The van der Waals surface area contributed by atoms with Crippen LogP contribution in [0.25, 0.3) is 0 Å². The van der Waals surface area contributed by atoms with Crippen LogP contribution in [0.5, 0.6) is 0 Å². The van der Waals surface area contributed by atoms with Gasteiger partial charge in [0.15, 0.2) is 5.96 Å². The van der Waals surface area contributed by atoms with Crippen LogP contribution in [0.4, 0.5) is 0 Å². The number of aliphatic imine (C=N–C) groups is 1. The van der Waals surface area contributed by atoms with Crippen LogP contribution in [0.3, 0.4) is 0 Å². The Hall–Kier alpha value is -1.14. The Morgan fingerprint density at radius 3 is 3.04 bits per heavy atom. The van der Waals surface area contributed by atoms with Crippen molar-refractivity contribution in [3.05, 3.63) is 16.1 Å². The molecule has 0 spiro atoms. The zero-order valence-corrected chi connectivity index (χ0v) is 15.4. The van der Waals surface area contributed by atoms with Crippen molar-refractivity contribution in [3.63, 3.8) is 0 Å². The molecule has 2 aliphatic rings. The number of ether oxygens (including phenoxy) is 1. The Labute approximate surface area is 142 Å². The highest BCUT2D eigenvalue weighted by Gasteiger charge is 2.59. The van der Waals surface area contributed by atoms with E-state index in [0.717, 1.165) is 49.2 Å². The summed E-state index contributed by atoms with van der Waals surface area (Å²) in [7, 11) is 0. The minimum atomic E-state index is 0.170. The quantitative estimate of drug-likeness (QED) is 0.640. The van der Waals surface area contributed by atoms with Gasteiger partial charge in [0.1, 0.15) is 0 Å². The monoisotopic (exact) mass is 336 g/mol. The van der Waals surface area contributed by atoms with E-state index >= 15 is 0 Å². The molecule has 1 aliphatic carbocycles. The molecule has 2 heterocycles. The molecule has 1 aromatic rings. The summed E-state index contributed by atoms with van der Waals surface area (Å²) < 4.78 is 5.87.